The first-order valence-electron chi connectivity index (χ1n) is 9.99. The topological polar surface area (TPSA) is 107 Å². The van der Waals surface area contributed by atoms with Gasteiger partial charge in [0.15, 0.2) is 0 Å². The minimum Gasteiger partial charge on any atom is -0.342 e. The van der Waals surface area contributed by atoms with Gasteiger partial charge in [0.25, 0.3) is 5.56 Å². The molecule has 1 atom stereocenters. The number of hydrogen-bond acceptors (Lipinski definition) is 5. The molecule has 4 rings (SSSR count). The van der Waals surface area contributed by atoms with Gasteiger partial charge in [-0.2, -0.15) is 4.98 Å². The standard InChI is InChI=1S/C21H25N5O3/c1-12-6-7-15(13(2)10-12)22-19(28)14-11-16(27)23-18-17(14)20(29)25-21(24-18)26-8-4-3-5-9-26/h6-7,10,14H,3-5,8-9,11H2,1-2H3,(H,22,28)(H2,23,24,25,27,29)/t14-/m1/s1. The number of amides is 2. The molecule has 3 N–H and O–H groups in total. The number of nitrogens with one attached hydrogen (secondary N) is 3. The summed E-state index contributed by atoms with van der Waals surface area (Å²) in [5.74, 6) is -0.950. The Hall–Kier alpha value is -3.16. The van der Waals surface area contributed by atoms with Gasteiger partial charge in [0.2, 0.25) is 17.8 Å². The maximum atomic E-state index is 13.0. The summed E-state index contributed by atoms with van der Waals surface area (Å²) in [5, 5.41) is 5.53. The molecule has 0 unspecified atom stereocenters. The van der Waals surface area contributed by atoms with Crippen molar-refractivity contribution in [3.63, 3.8) is 0 Å². The smallest absolute Gasteiger partial charge is 0.258 e. The van der Waals surface area contributed by atoms with E-state index in [9.17, 15) is 14.4 Å². The number of carbonyl (C=O) groups excluding carboxylic acids is 2. The quantitative estimate of drug-likeness (QED) is 0.740. The average molecular weight is 395 g/mol. The Morgan fingerprint density at radius 1 is 1.17 bits per heavy atom. The maximum absolute atomic E-state index is 13.0. The van der Waals surface area contributed by atoms with Crippen LogP contribution >= 0.6 is 0 Å². The lowest BCUT2D eigenvalue weighted by Gasteiger charge is -2.29. The molecule has 1 aromatic carbocycles. The summed E-state index contributed by atoms with van der Waals surface area (Å²) in [6.07, 6.45) is 3.14. The monoisotopic (exact) mass is 395 g/mol. The molecule has 29 heavy (non-hydrogen) atoms. The van der Waals surface area contributed by atoms with Gasteiger partial charge in [0.05, 0.1) is 11.5 Å². The Labute approximate surface area is 168 Å². The third kappa shape index (κ3) is 3.87. The third-order valence-corrected chi connectivity index (χ3v) is 5.55. The maximum Gasteiger partial charge on any atom is 0.258 e. The highest BCUT2D eigenvalue weighted by atomic mass is 16.2. The highest BCUT2D eigenvalue weighted by molar-refractivity contribution is 6.04. The molecule has 0 bridgehead atoms. The summed E-state index contributed by atoms with van der Waals surface area (Å²) in [7, 11) is 0. The minimum absolute atomic E-state index is 0.0858. The average Bonchev–Trinajstić information content (AvgIpc) is 2.69. The van der Waals surface area contributed by atoms with Crippen LogP contribution < -0.4 is 21.1 Å². The highest BCUT2D eigenvalue weighted by Crippen LogP contribution is 2.31. The van der Waals surface area contributed by atoms with E-state index in [2.05, 4.69) is 20.6 Å². The number of piperidine rings is 1. The minimum atomic E-state index is -0.883. The van der Waals surface area contributed by atoms with Crippen LogP contribution in [0, 0.1) is 13.8 Å². The number of H-pyrrole nitrogens is 1. The van der Waals surface area contributed by atoms with Crippen LogP contribution in [0.25, 0.3) is 0 Å². The van der Waals surface area contributed by atoms with Crippen LogP contribution in [0.2, 0.25) is 0 Å². The summed E-state index contributed by atoms with van der Waals surface area (Å²) in [6, 6.07) is 5.70. The molecule has 2 aromatic rings. The van der Waals surface area contributed by atoms with Crippen LogP contribution in [0.15, 0.2) is 23.0 Å². The molecule has 2 aliphatic rings. The van der Waals surface area contributed by atoms with Crippen LogP contribution in [-0.2, 0) is 9.59 Å². The van der Waals surface area contributed by atoms with E-state index in [0.29, 0.717) is 11.6 Å². The number of rotatable bonds is 3. The van der Waals surface area contributed by atoms with Gasteiger partial charge in [-0.25, -0.2) is 0 Å². The molecule has 2 aliphatic heterocycles. The Kier molecular flexibility index (Phi) is 5.08. The van der Waals surface area contributed by atoms with Crippen molar-refractivity contribution >= 4 is 29.3 Å². The summed E-state index contributed by atoms with van der Waals surface area (Å²) < 4.78 is 0. The van der Waals surface area contributed by atoms with E-state index in [1.54, 1.807) is 0 Å². The van der Waals surface area contributed by atoms with E-state index in [-0.39, 0.29) is 35.2 Å². The van der Waals surface area contributed by atoms with Crippen LogP contribution in [0.4, 0.5) is 17.5 Å². The van der Waals surface area contributed by atoms with Crippen molar-refractivity contribution in [1.82, 2.24) is 9.97 Å². The lowest BCUT2D eigenvalue weighted by molar-refractivity contribution is -0.123. The molecule has 2 amide bonds. The molecule has 1 fully saturated rings. The van der Waals surface area contributed by atoms with Gasteiger partial charge in [0, 0.05) is 25.2 Å². The third-order valence-electron chi connectivity index (χ3n) is 5.55. The van der Waals surface area contributed by atoms with Gasteiger partial charge >= 0.3 is 0 Å². The number of carbonyl (C=O) groups is 2. The summed E-state index contributed by atoms with van der Waals surface area (Å²) in [6.45, 7) is 5.51. The van der Waals surface area contributed by atoms with Crippen molar-refractivity contribution in [2.75, 3.05) is 28.6 Å². The van der Waals surface area contributed by atoms with Crippen LogP contribution in [0.5, 0.6) is 0 Å². The fourth-order valence-corrected chi connectivity index (χ4v) is 4.01. The lowest BCUT2D eigenvalue weighted by atomic mass is 9.92. The molecule has 152 valence electrons. The number of aryl methyl sites for hydroxylation is 2. The Balaban J connectivity index is 1.65. The van der Waals surface area contributed by atoms with Gasteiger partial charge in [0.1, 0.15) is 5.82 Å². The fourth-order valence-electron chi connectivity index (χ4n) is 4.01. The fraction of sp³-hybridized carbons (Fsp3) is 0.429. The summed E-state index contributed by atoms with van der Waals surface area (Å²) in [4.78, 5) is 47.4. The van der Waals surface area contributed by atoms with Crippen molar-refractivity contribution in [2.24, 2.45) is 0 Å². The predicted octanol–water partition coefficient (Wildman–Crippen LogP) is 2.44. The summed E-state index contributed by atoms with van der Waals surface area (Å²) >= 11 is 0. The molecule has 1 aromatic heterocycles. The largest absolute Gasteiger partial charge is 0.342 e. The van der Waals surface area contributed by atoms with E-state index < -0.39 is 5.92 Å². The van der Waals surface area contributed by atoms with E-state index in [1.165, 1.54) is 0 Å². The normalized spacial score (nSPS) is 18.8. The molecule has 8 heteroatoms. The molecular weight excluding hydrogens is 370 g/mol. The SMILES string of the molecule is Cc1ccc(NC(=O)[C@@H]2CC(=O)Nc3nc(N4CCCCC4)[nH]c(=O)c32)c(C)c1. The number of benzene rings is 1. The van der Waals surface area contributed by atoms with Crippen molar-refractivity contribution in [3.8, 4) is 0 Å². The van der Waals surface area contributed by atoms with Gasteiger partial charge in [-0.3, -0.25) is 19.4 Å². The van der Waals surface area contributed by atoms with E-state index in [1.807, 2.05) is 36.9 Å². The Bertz CT molecular complexity index is 1020. The molecule has 0 radical (unpaired) electrons. The van der Waals surface area contributed by atoms with Crippen LogP contribution in [-0.4, -0.2) is 34.9 Å². The molecule has 0 spiro atoms. The zero-order valence-corrected chi connectivity index (χ0v) is 16.7. The van der Waals surface area contributed by atoms with Crippen molar-refractivity contribution < 1.29 is 9.59 Å². The number of hydrogen-bond donors (Lipinski definition) is 3. The van der Waals surface area contributed by atoms with Crippen molar-refractivity contribution in [2.45, 2.75) is 45.4 Å². The number of fused-ring (bicyclic) bond motifs is 1. The molecule has 3 heterocycles. The molecule has 8 nitrogen and oxygen atoms in total. The van der Waals surface area contributed by atoms with E-state index >= 15 is 0 Å². The van der Waals surface area contributed by atoms with Crippen molar-refractivity contribution in [3.05, 3.63) is 45.2 Å². The summed E-state index contributed by atoms with van der Waals surface area (Å²) in [5.41, 5.74) is 2.52. The second-order valence-electron chi connectivity index (χ2n) is 7.81. The zero-order chi connectivity index (χ0) is 20.5. The second-order valence-corrected chi connectivity index (χ2v) is 7.81. The van der Waals surface area contributed by atoms with Gasteiger partial charge < -0.3 is 15.5 Å². The number of aromatic amines is 1. The van der Waals surface area contributed by atoms with E-state index in [4.69, 9.17) is 0 Å². The first-order valence-corrected chi connectivity index (χ1v) is 9.99. The van der Waals surface area contributed by atoms with E-state index in [0.717, 1.165) is 43.5 Å². The van der Waals surface area contributed by atoms with Gasteiger partial charge in [-0.1, -0.05) is 17.7 Å². The second kappa shape index (κ2) is 7.69. The Morgan fingerprint density at radius 2 is 1.93 bits per heavy atom. The van der Waals surface area contributed by atoms with Crippen LogP contribution in [0.1, 0.15) is 48.3 Å². The predicted molar refractivity (Wildman–Crippen MR) is 111 cm³/mol. The number of anilines is 3. The van der Waals surface area contributed by atoms with Crippen LogP contribution in [0.3, 0.4) is 0 Å². The molecule has 1 saturated heterocycles. The molecular formula is C21H25N5O3. The van der Waals surface area contributed by atoms with Gasteiger partial charge in [-0.05, 0) is 44.7 Å². The van der Waals surface area contributed by atoms with Crippen molar-refractivity contribution in [1.29, 1.82) is 0 Å². The number of nitrogens with zero attached hydrogens (tertiary/aromatic N) is 2. The lowest BCUT2D eigenvalue weighted by Crippen LogP contribution is -2.38. The number of aromatic nitrogens is 2. The molecule has 0 saturated carbocycles. The first kappa shape index (κ1) is 19.2. The Morgan fingerprint density at radius 3 is 2.66 bits per heavy atom. The molecule has 0 aliphatic carbocycles. The first-order chi connectivity index (χ1) is 13.9. The highest BCUT2D eigenvalue weighted by Gasteiger charge is 2.35. The van der Waals surface area contributed by atoms with Gasteiger partial charge in [-0.15, -0.1) is 0 Å². The zero-order valence-electron chi connectivity index (χ0n) is 16.7.